The molecule has 1 aliphatic carbocycles. The summed E-state index contributed by atoms with van der Waals surface area (Å²) in [6.45, 7) is 0. The van der Waals surface area contributed by atoms with E-state index in [1.807, 2.05) is 54.6 Å². The smallest absolute Gasteiger partial charge is 0.328 e. The van der Waals surface area contributed by atoms with Crippen LogP contribution in [0.5, 0.6) is 5.88 Å². The molecule has 6 nitrogen and oxygen atoms in total. The fraction of sp³-hybridized carbons (Fsp3) is 0.179. The monoisotopic (exact) mass is 469 g/mol. The number of aliphatic carboxylic acids is 1. The van der Waals surface area contributed by atoms with Crippen molar-refractivity contribution in [2.45, 2.75) is 19.3 Å². The number of carboxylic acid groups (broad SMARTS) is 1. The molecule has 0 amide bonds. The van der Waals surface area contributed by atoms with Gasteiger partial charge in [-0.2, -0.15) is 9.49 Å². The number of halogens is 1. The van der Waals surface area contributed by atoms with E-state index in [-0.39, 0.29) is 0 Å². The van der Waals surface area contributed by atoms with Crippen molar-refractivity contribution in [2.24, 2.45) is 5.92 Å². The van der Waals surface area contributed by atoms with Crippen molar-refractivity contribution < 1.29 is 19.0 Å². The summed E-state index contributed by atoms with van der Waals surface area (Å²) < 4.78 is 19.8. The van der Waals surface area contributed by atoms with Gasteiger partial charge in [-0.1, -0.05) is 36.8 Å². The zero-order valence-corrected chi connectivity index (χ0v) is 19.2. The van der Waals surface area contributed by atoms with Gasteiger partial charge in [-0.3, -0.25) is 5.10 Å². The van der Waals surface area contributed by atoms with Crippen molar-refractivity contribution in [1.29, 1.82) is 0 Å². The molecule has 1 saturated carbocycles. The third-order valence-electron chi connectivity index (χ3n) is 6.45. The number of pyridine rings is 1. The molecule has 0 radical (unpaired) electrons. The second kappa shape index (κ2) is 9.54. The molecule has 2 N–H and O–H groups in total. The summed E-state index contributed by atoms with van der Waals surface area (Å²) in [6, 6.07) is 17.3. The van der Waals surface area contributed by atoms with Gasteiger partial charge in [-0.15, -0.1) is 0 Å². The van der Waals surface area contributed by atoms with Crippen molar-refractivity contribution in [3.63, 3.8) is 0 Å². The standard InChI is InChI=1S/C28H24FN3O3/c1-35-24-16-21(13-14-30-24)26(18-3-2-4-18)27(19-8-5-17(6-9-19)7-12-25(33)34)20-10-11-23-22(15-20)28(29)32-31-23/h5-16,18H,2-4H2,1H3,(H,31,32)(H,33,34). The van der Waals surface area contributed by atoms with Crippen LogP contribution >= 0.6 is 0 Å². The minimum atomic E-state index is -0.996. The highest BCUT2D eigenvalue weighted by molar-refractivity contribution is 6.01. The third kappa shape index (κ3) is 4.57. The molecule has 0 atom stereocenters. The van der Waals surface area contributed by atoms with Crippen molar-refractivity contribution >= 4 is 34.1 Å². The van der Waals surface area contributed by atoms with E-state index in [1.54, 1.807) is 19.4 Å². The average Bonchev–Trinajstić information content (AvgIpc) is 3.22. The first-order valence-corrected chi connectivity index (χ1v) is 11.4. The number of hydrogen-bond donors (Lipinski definition) is 2. The van der Waals surface area contributed by atoms with Crippen molar-refractivity contribution in [3.05, 3.63) is 95.1 Å². The molecular formula is C28H24FN3O3. The van der Waals surface area contributed by atoms with E-state index >= 15 is 0 Å². The summed E-state index contributed by atoms with van der Waals surface area (Å²) >= 11 is 0. The number of aromatic nitrogens is 3. The van der Waals surface area contributed by atoms with E-state index in [0.29, 0.717) is 22.7 Å². The fourth-order valence-electron chi connectivity index (χ4n) is 4.51. The first-order valence-electron chi connectivity index (χ1n) is 11.4. The lowest BCUT2D eigenvalue weighted by Gasteiger charge is -2.31. The fourth-order valence-corrected chi connectivity index (χ4v) is 4.51. The summed E-state index contributed by atoms with van der Waals surface area (Å²) in [5.41, 5.74) is 6.35. The minimum Gasteiger partial charge on any atom is -0.481 e. The number of hydrogen-bond acceptors (Lipinski definition) is 4. The number of carboxylic acids is 1. The van der Waals surface area contributed by atoms with Gasteiger partial charge in [0.15, 0.2) is 0 Å². The summed E-state index contributed by atoms with van der Waals surface area (Å²) in [5.74, 6) is -0.590. The van der Waals surface area contributed by atoms with E-state index in [2.05, 4.69) is 15.2 Å². The number of allylic oxidation sites excluding steroid dienone is 1. The van der Waals surface area contributed by atoms with E-state index in [9.17, 15) is 9.18 Å². The second-order valence-corrected chi connectivity index (χ2v) is 8.57. The quantitative estimate of drug-likeness (QED) is 0.326. The zero-order chi connectivity index (χ0) is 24.4. The molecule has 0 saturated heterocycles. The lowest BCUT2D eigenvalue weighted by atomic mass is 9.73. The van der Waals surface area contributed by atoms with Gasteiger partial charge < -0.3 is 9.84 Å². The number of fused-ring (bicyclic) bond motifs is 1. The van der Waals surface area contributed by atoms with Crippen LogP contribution in [0, 0.1) is 11.9 Å². The number of methoxy groups -OCH3 is 1. The van der Waals surface area contributed by atoms with Crippen LogP contribution in [0.25, 0.3) is 28.1 Å². The van der Waals surface area contributed by atoms with Gasteiger partial charge in [0, 0.05) is 18.3 Å². The molecule has 2 aromatic carbocycles. The largest absolute Gasteiger partial charge is 0.481 e. The zero-order valence-electron chi connectivity index (χ0n) is 19.2. The Hall–Kier alpha value is -4.26. The van der Waals surface area contributed by atoms with Crippen LogP contribution in [0.15, 0.2) is 66.9 Å². The Balaban J connectivity index is 1.74. The number of benzene rings is 2. The van der Waals surface area contributed by atoms with Crippen LogP contribution in [-0.4, -0.2) is 33.4 Å². The van der Waals surface area contributed by atoms with Gasteiger partial charge in [0.2, 0.25) is 11.8 Å². The first-order chi connectivity index (χ1) is 17.0. The van der Waals surface area contributed by atoms with Crippen LogP contribution in [0.1, 0.15) is 41.5 Å². The van der Waals surface area contributed by atoms with Gasteiger partial charge in [-0.25, -0.2) is 9.78 Å². The predicted molar refractivity (Wildman–Crippen MR) is 133 cm³/mol. The highest BCUT2D eigenvalue weighted by Gasteiger charge is 2.28. The molecule has 5 rings (SSSR count). The molecule has 35 heavy (non-hydrogen) atoms. The predicted octanol–water partition coefficient (Wildman–Crippen LogP) is 5.96. The molecule has 0 aliphatic heterocycles. The lowest BCUT2D eigenvalue weighted by Crippen LogP contribution is -2.15. The number of carbonyl (C=O) groups is 1. The van der Waals surface area contributed by atoms with Gasteiger partial charge in [0.05, 0.1) is 18.0 Å². The Morgan fingerprint density at radius 3 is 2.54 bits per heavy atom. The molecule has 4 aromatic rings. The maximum Gasteiger partial charge on any atom is 0.328 e. The minimum absolute atomic E-state index is 0.341. The van der Waals surface area contributed by atoms with Gasteiger partial charge in [0.25, 0.3) is 0 Å². The number of nitrogens with one attached hydrogen (secondary N) is 1. The molecule has 7 heteroatoms. The van der Waals surface area contributed by atoms with Crippen LogP contribution < -0.4 is 4.74 Å². The van der Waals surface area contributed by atoms with Gasteiger partial charge in [-0.05, 0) is 76.4 Å². The summed E-state index contributed by atoms with van der Waals surface area (Å²) in [4.78, 5) is 15.2. The summed E-state index contributed by atoms with van der Waals surface area (Å²) in [6.07, 6.45) is 7.69. The molecule has 0 bridgehead atoms. The number of aromatic amines is 1. The Labute approximate surface area is 201 Å². The molecule has 176 valence electrons. The first kappa shape index (κ1) is 22.5. The number of H-pyrrole nitrogens is 1. The highest BCUT2D eigenvalue weighted by Crippen LogP contribution is 2.45. The second-order valence-electron chi connectivity index (χ2n) is 8.57. The Bertz CT molecular complexity index is 1450. The van der Waals surface area contributed by atoms with Gasteiger partial charge in [0.1, 0.15) is 0 Å². The summed E-state index contributed by atoms with van der Waals surface area (Å²) in [5, 5.41) is 15.8. The molecule has 1 aliphatic rings. The maximum absolute atomic E-state index is 14.4. The highest BCUT2D eigenvalue weighted by atomic mass is 19.1. The van der Waals surface area contributed by atoms with Crippen LogP contribution in [-0.2, 0) is 4.79 Å². The van der Waals surface area contributed by atoms with Crippen LogP contribution in [0.3, 0.4) is 0 Å². The molecular weight excluding hydrogens is 445 g/mol. The van der Waals surface area contributed by atoms with Crippen molar-refractivity contribution in [1.82, 2.24) is 15.2 Å². The molecule has 2 aromatic heterocycles. The van der Waals surface area contributed by atoms with E-state index < -0.39 is 11.9 Å². The van der Waals surface area contributed by atoms with Crippen molar-refractivity contribution in [3.8, 4) is 5.88 Å². The topological polar surface area (TPSA) is 88.1 Å². The van der Waals surface area contributed by atoms with E-state index in [0.717, 1.165) is 58.7 Å². The Morgan fingerprint density at radius 2 is 1.86 bits per heavy atom. The van der Waals surface area contributed by atoms with Crippen LogP contribution in [0.2, 0.25) is 0 Å². The normalized spacial score (nSPS) is 14.7. The SMILES string of the molecule is COc1cc(C(=C(c2ccc(C=CC(=O)O)cc2)c2ccc3n[nH]c(F)c3c2)C2CCC2)ccn1. The van der Waals surface area contributed by atoms with E-state index in [1.165, 1.54) is 0 Å². The van der Waals surface area contributed by atoms with Crippen LogP contribution in [0.4, 0.5) is 4.39 Å². The summed E-state index contributed by atoms with van der Waals surface area (Å²) in [7, 11) is 1.60. The average molecular weight is 470 g/mol. The lowest BCUT2D eigenvalue weighted by molar-refractivity contribution is -0.131. The maximum atomic E-state index is 14.4. The number of ether oxygens (including phenoxy) is 1. The Morgan fingerprint density at radius 1 is 1.09 bits per heavy atom. The Kier molecular flexibility index (Phi) is 6.14. The number of nitrogens with zero attached hydrogens (tertiary/aromatic N) is 2. The van der Waals surface area contributed by atoms with Crippen molar-refractivity contribution in [2.75, 3.05) is 7.11 Å². The molecule has 0 spiro atoms. The van der Waals surface area contributed by atoms with E-state index in [4.69, 9.17) is 9.84 Å². The van der Waals surface area contributed by atoms with Gasteiger partial charge >= 0.3 is 5.97 Å². The number of rotatable bonds is 7. The third-order valence-corrected chi connectivity index (χ3v) is 6.45. The molecule has 0 unspecified atom stereocenters. The molecule has 2 heterocycles. The molecule has 1 fully saturated rings.